The maximum absolute atomic E-state index is 8.17. The van der Waals surface area contributed by atoms with Gasteiger partial charge in [0.05, 0.1) is 0 Å². The van der Waals surface area contributed by atoms with Crippen LogP contribution in [0.2, 0.25) is 0 Å². The second-order valence-electron chi connectivity index (χ2n) is 2.49. The average molecular weight is 171 g/mol. The number of hydrogen-bond donors (Lipinski definition) is 1. The summed E-state index contributed by atoms with van der Waals surface area (Å²) in [7, 11) is 1.15. The van der Waals surface area contributed by atoms with Crippen LogP contribution in [-0.4, -0.2) is 12.6 Å². The predicted molar refractivity (Wildman–Crippen MR) is 53.3 cm³/mol. The third kappa shape index (κ3) is 2.67. The van der Waals surface area contributed by atoms with Crippen LogP contribution in [-0.2, 0) is 6.37 Å². The van der Waals surface area contributed by atoms with Crippen molar-refractivity contribution in [2.45, 2.75) is 25.6 Å². The zero-order chi connectivity index (χ0) is 15.8. The molecule has 0 aromatic heterocycles. The van der Waals surface area contributed by atoms with Crippen LogP contribution in [0.25, 0.3) is 0 Å². The molecular formula is C11H17N. The van der Waals surface area contributed by atoms with Crippen molar-refractivity contribution in [3.05, 3.63) is 35.9 Å². The summed E-state index contributed by atoms with van der Waals surface area (Å²) < 4.78 is 61.7. The van der Waals surface area contributed by atoms with Crippen molar-refractivity contribution in [1.82, 2.24) is 5.32 Å². The zero-order valence-electron chi connectivity index (χ0n) is 14.9. The van der Waals surface area contributed by atoms with E-state index in [9.17, 15) is 0 Å². The summed E-state index contributed by atoms with van der Waals surface area (Å²) in [6.45, 7) is -6.13. The highest BCUT2D eigenvalue weighted by Gasteiger charge is 2.14. The summed E-state index contributed by atoms with van der Waals surface area (Å²) in [4.78, 5) is 0. The molecule has 1 heteroatoms. The minimum atomic E-state index is -3.06. The summed E-state index contributed by atoms with van der Waals surface area (Å²) in [6.07, 6.45) is -2.61. The molecule has 0 unspecified atom stereocenters. The Morgan fingerprint density at radius 3 is 2.58 bits per heavy atom. The predicted octanol–water partition coefficient (Wildman–Crippen LogP) is 2.23. The Hall–Kier alpha value is -0.820. The van der Waals surface area contributed by atoms with Crippen LogP contribution in [0.3, 0.4) is 0 Å². The van der Waals surface area contributed by atoms with Crippen molar-refractivity contribution in [2.75, 3.05) is 7.05 Å². The van der Waals surface area contributed by atoms with Crippen molar-refractivity contribution in [2.24, 2.45) is 0 Å². The van der Waals surface area contributed by atoms with E-state index >= 15 is 0 Å². The summed E-state index contributed by atoms with van der Waals surface area (Å²) >= 11 is 0. The van der Waals surface area contributed by atoms with Gasteiger partial charge in [0.25, 0.3) is 0 Å². The molecule has 0 saturated carbocycles. The molecule has 0 heterocycles. The molecule has 0 aliphatic rings. The van der Waals surface area contributed by atoms with E-state index in [-0.39, 0.29) is 5.56 Å². The molecule has 1 nitrogen and oxygen atoms in total. The second kappa shape index (κ2) is 3.72. The Morgan fingerprint density at radius 1 is 1.42 bits per heavy atom. The monoisotopic (exact) mass is 171 g/mol. The summed E-state index contributed by atoms with van der Waals surface area (Å²) in [5.74, 6) is 0. The van der Waals surface area contributed by atoms with E-state index in [1.165, 1.54) is 24.3 Å². The maximum atomic E-state index is 8.17. The van der Waals surface area contributed by atoms with Gasteiger partial charge in [-0.1, -0.05) is 30.3 Å². The van der Waals surface area contributed by atoms with Crippen molar-refractivity contribution in [1.29, 1.82) is 0 Å². The fourth-order valence-electron chi connectivity index (χ4n) is 0.800. The Balaban J connectivity index is 3.61. The van der Waals surface area contributed by atoms with Crippen LogP contribution in [0, 0.1) is 0 Å². The third-order valence-corrected chi connectivity index (χ3v) is 1.48. The summed E-state index contributed by atoms with van der Waals surface area (Å²) in [6, 6.07) is 7.47. The van der Waals surface area contributed by atoms with Gasteiger partial charge < -0.3 is 5.32 Å². The molecule has 1 N–H and O–H groups in total. The zero-order valence-corrected chi connectivity index (χ0v) is 6.89. The van der Waals surface area contributed by atoms with Gasteiger partial charge in [0.15, 0.2) is 0 Å². The first kappa shape index (κ1) is 3.15. The molecule has 0 amide bonds. The van der Waals surface area contributed by atoms with Gasteiger partial charge in [-0.25, -0.2) is 0 Å². The second-order valence-corrected chi connectivity index (χ2v) is 2.49. The first-order valence-corrected chi connectivity index (χ1v) is 3.66. The lowest BCUT2D eigenvalue weighted by Gasteiger charge is -2.23. The van der Waals surface area contributed by atoms with E-state index in [0.717, 1.165) is 7.05 Å². The van der Waals surface area contributed by atoms with Gasteiger partial charge >= 0.3 is 0 Å². The molecule has 0 aliphatic carbocycles. The van der Waals surface area contributed by atoms with Gasteiger partial charge in [-0.2, -0.15) is 0 Å². The Morgan fingerprint density at radius 2 is 2.08 bits per heavy atom. The van der Waals surface area contributed by atoms with Crippen molar-refractivity contribution in [3.63, 3.8) is 0 Å². The highest BCUT2D eigenvalue weighted by molar-refractivity contribution is 5.17. The SMILES string of the molecule is [2H]C([2H])([2H])C(NC)(C([2H])([2H])[2H])C([2H])([2H])c1ccccc1. The Bertz CT molecular complexity index is 434. The van der Waals surface area contributed by atoms with Gasteiger partial charge in [-0.3, -0.25) is 0 Å². The van der Waals surface area contributed by atoms with Crippen molar-refractivity contribution < 1.29 is 11.0 Å². The van der Waals surface area contributed by atoms with E-state index in [1.54, 1.807) is 6.07 Å². The van der Waals surface area contributed by atoms with Gasteiger partial charge in [-0.15, -0.1) is 0 Å². The summed E-state index contributed by atoms with van der Waals surface area (Å²) in [5, 5.41) is 2.23. The quantitative estimate of drug-likeness (QED) is 0.735. The maximum Gasteiger partial charge on any atom is 0.0335 e. The highest BCUT2D eigenvalue weighted by Crippen LogP contribution is 2.10. The standard InChI is InChI=1S/C11H17N/c1-11(2,12-3)9-10-7-5-4-6-8-10/h4-8,12H,9H2,1-3H3/i1D3,2D3,9D2. The summed E-state index contributed by atoms with van der Waals surface area (Å²) in [5.41, 5.74) is -2.70. The van der Waals surface area contributed by atoms with Gasteiger partial charge in [0.2, 0.25) is 0 Å². The lowest BCUT2D eigenvalue weighted by molar-refractivity contribution is 0.422. The van der Waals surface area contributed by atoms with Gasteiger partial charge in [-0.05, 0) is 32.7 Å². The van der Waals surface area contributed by atoms with E-state index in [4.69, 9.17) is 11.0 Å². The highest BCUT2D eigenvalue weighted by atomic mass is 14.9. The molecule has 0 atom stereocenters. The molecule has 0 saturated heterocycles. The van der Waals surface area contributed by atoms with Crippen LogP contribution in [0.15, 0.2) is 30.3 Å². The third-order valence-electron chi connectivity index (χ3n) is 1.48. The Kier molecular flexibility index (Phi) is 0.977. The fraction of sp³-hybridized carbons (Fsp3) is 0.455. The van der Waals surface area contributed by atoms with Crippen LogP contribution < -0.4 is 5.32 Å². The van der Waals surface area contributed by atoms with Crippen LogP contribution in [0.4, 0.5) is 0 Å². The number of hydrogen-bond acceptors (Lipinski definition) is 1. The van der Waals surface area contributed by atoms with Gasteiger partial charge in [0.1, 0.15) is 0 Å². The van der Waals surface area contributed by atoms with Crippen LogP contribution in [0.1, 0.15) is 30.2 Å². The van der Waals surface area contributed by atoms with E-state index in [0.29, 0.717) is 0 Å². The number of nitrogens with one attached hydrogen (secondary N) is 1. The van der Waals surface area contributed by atoms with Crippen LogP contribution >= 0.6 is 0 Å². The molecule has 0 fully saturated rings. The molecule has 66 valence electrons. The average Bonchev–Trinajstić information content (AvgIpc) is 2.27. The lowest BCUT2D eigenvalue weighted by atomic mass is 9.95. The Labute approximate surface area is 86.0 Å². The van der Waals surface area contributed by atoms with E-state index in [1.807, 2.05) is 0 Å². The molecule has 0 bridgehead atoms. The molecule has 0 spiro atoms. The molecule has 0 aliphatic heterocycles. The molecule has 1 rings (SSSR count). The smallest absolute Gasteiger partial charge is 0.0335 e. The number of rotatable bonds is 3. The lowest BCUT2D eigenvalue weighted by Crippen LogP contribution is -2.38. The number of likely N-dealkylation sites (N-methyl/N-ethyl adjacent to an activating group) is 1. The first-order chi connectivity index (χ1) is 8.92. The fourth-order valence-corrected chi connectivity index (χ4v) is 0.800. The largest absolute Gasteiger partial charge is 0.314 e. The van der Waals surface area contributed by atoms with Crippen molar-refractivity contribution >= 4 is 0 Å². The minimum absolute atomic E-state index is 0.00148. The normalized spacial score (nSPS) is 24.8. The number of benzene rings is 1. The van der Waals surface area contributed by atoms with Gasteiger partial charge in [0, 0.05) is 16.5 Å². The first-order valence-electron chi connectivity index (χ1n) is 7.66. The topological polar surface area (TPSA) is 12.0 Å². The molecule has 0 radical (unpaired) electrons. The minimum Gasteiger partial charge on any atom is -0.314 e. The molecule has 1 aromatic carbocycles. The molecule has 1 aromatic rings. The van der Waals surface area contributed by atoms with Crippen molar-refractivity contribution in [3.8, 4) is 0 Å². The molecular weight excluding hydrogens is 146 g/mol. The van der Waals surface area contributed by atoms with E-state index < -0.39 is 25.6 Å². The van der Waals surface area contributed by atoms with E-state index in [2.05, 4.69) is 5.32 Å². The van der Waals surface area contributed by atoms with Crippen LogP contribution in [0.5, 0.6) is 0 Å². The molecule has 12 heavy (non-hydrogen) atoms.